The standard InChI is InChI=1S/C31H26F2N8O3S/c1-45(43,44)6-5-16-7-18(9-20(32)8-16)22-13-35-14-24-28(22)39-30(38-24)29-25-23(40-41-29)15-36-27(26(25)33)19-10-21(12-34-11-19)37-31(42)17-3-2-4-17/h7-15,17H,2-6H2,1H3,(H,37,42)(H,38,39)(H,40,41). The predicted octanol–water partition coefficient (Wildman–Crippen LogP) is 5.23. The summed E-state index contributed by atoms with van der Waals surface area (Å²) in [6.45, 7) is 0. The molecule has 3 N–H and O–H groups in total. The number of aryl methyl sites for hydroxylation is 1. The van der Waals surface area contributed by atoms with Crippen LogP contribution in [0.5, 0.6) is 0 Å². The molecule has 1 fully saturated rings. The predicted molar refractivity (Wildman–Crippen MR) is 165 cm³/mol. The number of rotatable bonds is 8. The first-order valence-corrected chi connectivity index (χ1v) is 16.3. The van der Waals surface area contributed by atoms with E-state index in [1.165, 1.54) is 36.9 Å². The monoisotopic (exact) mass is 628 g/mol. The molecule has 1 saturated carbocycles. The summed E-state index contributed by atoms with van der Waals surface area (Å²) >= 11 is 0. The lowest BCUT2D eigenvalue weighted by molar-refractivity contribution is -0.122. The highest BCUT2D eigenvalue weighted by Gasteiger charge is 2.26. The van der Waals surface area contributed by atoms with Gasteiger partial charge in [-0.1, -0.05) is 12.5 Å². The molecule has 0 unspecified atom stereocenters. The van der Waals surface area contributed by atoms with E-state index in [0.29, 0.717) is 44.5 Å². The van der Waals surface area contributed by atoms with E-state index in [-0.39, 0.29) is 46.6 Å². The third-order valence-corrected chi connectivity index (χ3v) is 8.89. The van der Waals surface area contributed by atoms with Crippen molar-refractivity contribution in [2.75, 3.05) is 17.3 Å². The van der Waals surface area contributed by atoms with Gasteiger partial charge in [-0.15, -0.1) is 0 Å². The van der Waals surface area contributed by atoms with E-state index in [1.807, 2.05) is 0 Å². The Hall–Kier alpha value is -5.11. The van der Waals surface area contributed by atoms with Crippen molar-refractivity contribution in [2.45, 2.75) is 25.7 Å². The molecule has 0 aliphatic heterocycles. The van der Waals surface area contributed by atoms with Crippen molar-refractivity contribution >= 4 is 43.4 Å². The zero-order chi connectivity index (χ0) is 31.3. The highest BCUT2D eigenvalue weighted by atomic mass is 32.2. The first-order chi connectivity index (χ1) is 21.6. The highest BCUT2D eigenvalue weighted by molar-refractivity contribution is 7.90. The van der Waals surface area contributed by atoms with E-state index < -0.39 is 21.5 Å². The van der Waals surface area contributed by atoms with Gasteiger partial charge >= 0.3 is 0 Å². The number of sulfone groups is 1. The number of anilines is 1. The second-order valence-electron chi connectivity index (χ2n) is 11.3. The first kappa shape index (κ1) is 28.6. The number of fused-ring (bicyclic) bond motifs is 2. The molecule has 14 heteroatoms. The third kappa shape index (κ3) is 5.64. The van der Waals surface area contributed by atoms with Crippen LogP contribution in [0.1, 0.15) is 24.8 Å². The van der Waals surface area contributed by atoms with Crippen LogP contribution in [0.3, 0.4) is 0 Å². The minimum atomic E-state index is -3.24. The molecule has 0 spiro atoms. The molecule has 228 valence electrons. The van der Waals surface area contributed by atoms with Gasteiger partial charge in [0, 0.05) is 35.7 Å². The Kier molecular flexibility index (Phi) is 7.07. The minimum Gasteiger partial charge on any atom is -0.335 e. The van der Waals surface area contributed by atoms with Gasteiger partial charge in [-0.05, 0) is 48.6 Å². The summed E-state index contributed by atoms with van der Waals surface area (Å²) in [6.07, 6.45) is 11.5. The van der Waals surface area contributed by atoms with E-state index in [4.69, 9.17) is 4.98 Å². The second kappa shape index (κ2) is 11.1. The molecule has 1 aromatic carbocycles. The zero-order valence-corrected chi connectivity index (χ0v) is 24.8. The fourth-order valence-corrected chi connectivity index (χ4v) is 6.02. The fraction of sp³-hybridized carbons (Fsp3) is 0.226. The Bertz CT molecular complexity index is 2230. The number of hydrogen-bond donors (Lipinski definition) is 3. The summed E-state index contributed by atoms with van der Waals surface area (Å²) in [5, 5.41) is 10.1. The number of hydrogen-bond acceptors (Lipinski definition) is 8. The Labute approximate surface area is 255 Å². The number of pyridine rings is 3. The van der Waals surface area contributed by atoms with E-state index in [2.05, 4.69) is 35.5 Å². The molecule has 45 heavy (non-hydrogen) atoms. The molecule has 1 amide bonds. The number of carbonyl (C=O) groups is 1. The number of nitrogens with zero attached hydrogens (tertiary/aromatic N) is 5. The van der Waals surface area contributed by atoms with E-state index in [1.54, 1.807) is 18.3 Å². The molecule has 7 rings (SSSR count). The van der Waals surface area contributed by atoms with Crippen LogP contribution >= 0.6 is 0 Å². The van der Waals surface area contributed by atoms with E-state index >= 15 is 4.39 Å². The number of H-pyrrole nitrogens is 2. The van der Waals surface area contributed by atoms with Crippen LogP contribution in [-0.2, 0) is 21.1 Å². The molecule has 6 aromatic rings. The lowest BCUT2D eigenvalue weighted by atomic mass is 9.85. The summed E-state index contributed by atoms with van der Waals surface area (Å²) in [5.41, 5.74) is 3.84. The number of aromatic amines is 2. The number of halogens is 2. The van der Waals surface area contributed by atoms with E-state index in [0.717, 1.165) is 25.5 Å². The van der Waals surface area contributed by atoms with E-state index in [9.17, 15) is 17.6 Å². The van der Waals surface area contributed by atoms with Gasteiger partial charge in [0.1, 0.15) is 27.0 Å². The normalized spacial score (nSPS) is 13.8. The second-order valence-corrected chi connectivity index (χ2v) is 13.5. The summed E-state index contributed by atoms with van der Waals surface area (Å²) in [7, 11) is -3.24. The summed E-state index contributed by atoms with van der Waals surface area (Å²) in [6, 6.07) is 5.96. The fourth-order valence-electron chi connectivity index (χ4n) is 5.41. The Morgan fingerprint density at radius 2 is 1.80 bits per heavy atom. The molecule has 1 aliphatic rings. The van der Waals surface area contributed by atoms with Gasteiger partial charge in [0.2, 0.25) is 5.91 Å². The van der Waals surface area contributed by atoms with Gasteiger partial charge < -0.3 is 10.3 Å². The Morgan fingerprint density at radius 1 is 0.978 bits per heavy atom. The van der Waals surface area contributed by atoms with Crippen LogP contribution in [0.2, 0.25) is 0 Å². The first-order valence-electron chi connectivity index (χ1n) is 14.2. The molecule has 0 radical (unpaired) electrons. The number of amides is 1. The minimum absolute atomic E-state index is 0.0178. The SMILES string of the molecule is CS(=O)(=O)CCc1cc(F)cc(-c2cncc3[nH]c(-c4n[nH]c5cnc(-c6cncc(NC(=O)C7CCC7)c6)c(F)c45)nc23)c1. The number of carbonyl (C=O) groups excluding carboxylic acids is 1. The smallest absolute Gasteiger partial charge is 0.227 e. The highest BCUT2D eigenvalue weighted by Crippen LogP contribution is 2.35. The van der Waals surface area contributed by atoms with Crippen LogP contribution in [-0.4, -0.2) is 61.5 Å². The van der Waals surface area contributed by atoms with Crippen LogP contribution in [0.25, 0.3) is 55.8 Å². The summed E-state index contributed by atoms with van der Waals surface area (Å²) < 4.78 is 54.1. The van der Waals surface area contributed by atoms with Crippen molar-refractivity contribution in [3.8, 4) is 33.9 Å². The largest absolute Gasteiger partial charge is 0.335 e. The van der Waals surface area contributed by atoms with Gasteiger partial charge in [-0.25, -0.2) is 22.2 Å². The van der Waals surface area contributed by atoms with Crippen LogP contribution < -0.4 is 5.32 Å². The van der Waals surface area contributed by atoms with Crippen molar-refractivity contribution in [2.24, 2.45) is 5.92 Å². The molecule has 0 bridgehead atoms. The lowest BCUT2D eigenvalue weighted by Gasteiger charge is -2.24. The number of imidazole rings is 1. The molecule has 0 atom stereocenters. The molecular formula is C31H26F2N8O3S. The maximum Gasteiger partial charge on any atom is 0.227 e. The van der Waals surface area contributed by atoms with Crippen molar-refractivity contribution in [3.05, 3.63) is 72.4 Å². The maximum absolute atomic E-state index is 16.2. The summed E-state index contributed by atoms with van der Waals surface area (Å²) in [4.78, 5) is 33.0. The topological polar surface area (TPSA) is 159 Å². The Morgan fingerprint density at radius 3 is 2.58 bits per heavy atom. The van der Waals surface area contributed by atoms with Gasteiger partial charge in [-0.2, -0.15) is 5.10 Å². The van der Waals surface area contributed by atoms with Gasteiger partial charge in [0.05, 0.1) is 52.0 Å². The number of aromatic nitrogens is 7. The van der Waals surface area contributed by atoms with Crippen LogP contribution in [0, 0.1) is 17.6 Å². The average Bonchev–Trinajstić information content (AvgIpc) is 3.60. The number of nitrogens with one attached hydrogen (secondary N) is 3. The quantitative estimate of drug-likeness (QED) is 0.207. The molecule has 0 saturated heterocycles. The van der Waals surface area contributed by atoms with Crippen LogP contribution in [0.15, 0.2) is 55.2 Å². The Balaban J connectivity index is 1.26. The molecule has 1 aliphatic carbocycles. The zero-order valence-electron chi connectivity index (χ0n) is 23.9. The molecular weight excluding hydrogens is 602 g/mol. The average molecular weight is 629 g/mol. The molecule has 11 nitrogen and oxygen atoms in total. The number of benzene rings is 1. The van der Waals surface area contributed by atoms with Crippen molar-refractivity contribution in [1.29, 1.82) is 0 Å². The maximum atomic E-state index is 16.2. The van der Waals surface area contributed by atoms with Crippen LogP contribution in [0.4, 0.5) is 14.5 Å². The molecule has 5 heterocycles. The van der Waals surface area contributed by atoms with Crippen molar-refractivity contribution in [3.63, 3.8) is 0 Å². The third-order valence-electron chi connectivity index (χ3n) is 7.95. The summed E-state index contributed by atoms with van der Waals surface area (Å²) in [5.74, 6) is -1.14. The van der Waals surface area contributed by atoms with Crippen molar-refractivity contribution in [1.82, 2.24) is 35.1 Å². The molecule has 5 aromatic heterocycles. The van der Waals surface area contributed by atoms with Crippen molar-refractivity contribution < 1.29 is 22.0 Å². The lowest BCUT2D eigenvalue weighted by Crippen LogP contribution is -2.28. The van der Waals surface area contributed by atoms with Gasteiger partial charge in [-0.3, -0.25) is 24.8 Å². The van der Waals surface area contributed by atoms with Gasteiger partial charge in [0.25, 0.3) is 0 Å². The van der Waals surface area contributed by atoms with Gasteiger partial charge in [0.15, 0.2) is 11.6 Å².